The van der Waals surface area contributed by atoms with Gasteiger partial charge in [0.2, 0.25) is 5.91 Å². The molecular formula is C21H23FN2O2S. The number of hydrogen-bond acceptors (Lipinski definition) is 4. The largest absolute Gasteiger partial charge is 0.489 e. The van der Waals surface area contributed by atoms with Gasteiger partial charge in [0.1, 0.15) is 18.2 Å². The fourth-order valence-corrected chi connectivity index (χ4v) is 4.24. The molecule has 142 valence electrons. The first kappa shape index (κ1) is 19.4. The lowest BCUT2D eigenvalue weighted by Gasteiger charge is -2.15. The molecule has 2 aromatic rings. The normalized spacial score (nSPS) is 18.3. The van der Waals surface area contributed by atoms with E-state index in [2.05, 4.69) is 4.99 Å². The van der Waals surface area contributed by atoms with Gasteiger partial charge in [0.15, 0.2) is 5.17 Å². The molecule has 1 saturated heterocycles. The molecule has 1 fully saturated rings. The predicted molar refractivity (Wildman–Crippen MR) is 108 cm³/mol. The maximum atomic E-state index is 13.0. The Morgan fingerprint density at radius 3 is 2.59 bits per heavy atom. The molecular weight excluding hydrogens is 363 g/mol. The highest BCUT2D eigenvalue weighted by molar-refractivity contribution is 8.15. The van der Waals surface area contributed by atoms with Crippen molar-refractivity contribution in [3.8, 4) is 5.75 Å². The molecule has 1 aliphatic heterocycles. The van der Waals surface area contributed by atoms with Gasteiger partial charge in [-0.25, -0.2) is 4.39 Å². The summed E-state index contributed by atoms with van der Waals surface area (Å²) in [4.78, 5) is 18.9. The van der Waals surface area contributed by atoms with Gasteiger partial charge in [0.05, 0.1) is 5.25 Å². The Labute approximate surface area is 163 Å². The Morgan fingerprint density at radius 1 is 1.15 bits per heavy atom. The lowest BCUT2D eigenvalue weighted by atomic mass is 10.1. The molecule has 1 aliphatic rings. The lowest BCUT2D eigenvalue weighted by molar-refractivity contribution is -0.126. The van der Waals surface area contributed by atoms with Crippen molar-refractivity contribution in [2.24, 2.45) is 4.99 Å². The average molecular weight is 386 g/mol. The third kappa shape index (κ3) is 4.69. The number of nitrogens with zero attached hydrogens (tertiary/aromatic N) is 2. The zero-order valence-electron chi connectivity index (χ0n) is 15.5. The second-order valence-corrected chi connectivity index (χ2v) is 7.34. The number of halogens is 1. The highest BCUT2D eigenvalue weighted by atomic mass is 32.2. The highest BCUT2D eigenvalue weighted by Crippen LogP contribution is 2.32. The number of amides is 1. The average Bonchev–Trinajstić information content (AvgIpc) is 2.97. The lowest BCUT2D eigenvalue weighted by Crippen LogP contribution is -2.32. The van der Waals surface area contributed by atoms with Crippen molar-refractivity contribution < 1.29 is 13.9 Å². The van der Waals surface area contributed by atoms with Crippen LogP contribution in [0.5, 0.6) is 5.75 Å². The first-order chi connectivity index (χ1) is 13.1. The number of amidine groups is 1. The van der Waals surface area contributed by atoms with Gasteiger partial charge in [-0.3, -0.25) is 14.7 Å². The summed E-state index contributed by atoms with van der Waals surface area (Å²) in [6.45, 7) is 5.58. The number of ether oxygens (including phenoxy) is 1. The molecule has 0 aromatic heterocycles. The van der Waals surface area contributed by atoms with Gasteiger partial charge < -0.3 is 4.74 Å². The summed E-state index contributed by atoms with van der Waals surface area (Å²) in [6, 6.07) is 14.0. The van der Waals surface area contributed by atoms with Crippen molar-refractivity contribution >= 4 is 22.8 Å². The third-order valence-corrected chi connectivity index (χ3v) is 5.53. The Hall–Kier alpha value is -2.34. The van der Waals surface area contributed by atoms with Crippen molar-refractivity contribution in [1.82, 2.24) is 4.90 Å². The number of carbonyl (C=O) groups excluding carboxylic acids is 1. The van der Waals surface area contributed by atoms with Gasteiger partial charge in [-0.2, -0.15) is 0 Å². The molecule has 3 rings (SSSR count). The summed E-state index contributed by atoms with van der Waals surface area (Å²) >= 11 is 1.52. The molecule has 0 spiro atoms. The number of para-hydroxylation sites is 1. The van der Waals surface area contributed by atoms with Crippen LogP contribution in [0.25, 0.3) is 0 Å². The molecule has 0 saturated carbocycles. The van der Waals surface area contributed by atoms with Crippen molar-refractivity contribution in [3.63, 3.8) is 0 Å². The minimum Gasteiger partial charge on any atom is -0.489 e. The Bertz CT molecular complexity index is 823. The SMILES string of the molecule is CCN=C1S[C@H](Cc2ccccc2OCc2ccc(F)cc2)C(=O)N1CC. The van der Waals surface area contributed by atoms with Crippen LogP contribution in [0.4, 0.5) is 4.39 Å². The third-order valence-electron chi connectivity index (χ3n) is 4.32. The topological polar surface area (TPSA) is 41.9 Å². The molecule has 0 radical (unpaired) electrons. The zero-order valence-corrected chi connectivity index (χ0v) is 16.3. The maximum Gasteiger partial charge on any atom is 0.242 e. The minimum atomic E-state index is -0.263. The van der Waals surface area contributed by atoms with E-state index in [1.807, 2.05) is 38.1 Å². The fraction of sp³-hybridized carbons (Fsp3) is 0.333. The zero-order chi connectivity index (χ0) is 19.2. The second-order valence-electron chi connectivity index (χ2n) is 6.17. The van der Waals surface area contributed by atoms with E-state index >= 15 is 0 Å². The van der Waals surface area contributed by atoms with Crippen LogP contribution in [0.1, 0.15) is 25.0 Å². The van der Waals surface area contributed by atoms with E-state index in [1.165, 1.54) is 23.9 Å². The number of rotatable bonds is 7. The molecule has 1 heterocycles. The molecule has 0 bridgehead atoms. The van der Waals surface area contributed by atoms with E-state index in [0.717, 1.165) is 22.0 Å². The van der Waals surface area contributed by atoms with Crippen LogP contribution >= 0.6 is 11.8 Å². The van der Waals surface area contributed by atoms with E-state index in [1.54, 1.807) is 17.0 Å². The van der Waals surface area contributed by atoms with E-state index in [0.29, 0.717) is 26.1 Å². The van der Waals surface area contributed by atoms with Crippen molar-refractivity contribution in [1.29, 1.82) is 0 Å². The number of benzene rings is 2. The van der Waals surface area contributed by atoms with Crippen LogP contribution in [0.3, 0.4) is 0 Å². The van der Waals surface area contributed by atoms with Gasteiger partial charge in [-0.05, 0) is 49.6 Å². The Morgan fingerprint density at radius 2 is 1.89 bits per heavy atom. The summed E-state index contributed by atoms with van der Waals surface area (Å²) in [7, 11) is 0. The Kier molecular flexibility index (Phi) is 6.50. The molecule has 0 unspecified atom stereocenters. The van der Waals surface area contributed by atoms with Crippen LogP contribution in [0.15, 0.2) is 53.5 Å². The van der Waals surface area contributed by atoms with Gasteiger partial charge in [-0.1, -0.05) is 42.1 Å². The molecule has 0 aliphatic carbocycles. The van der Waals surface area contributed by atoms with Crippen LogP contribution in [0, 0.1) is 5.82 Å². The molecule has 6 heteroatoms. The number of hydrogen-bond donors (Lipinski definition) is 0. The summed E-state index contributed by atoms with van der Waals surface area (Å²) in [5.41, 5.74) is 1.88. The number of aliphatic imine (C=N–C) groups is 1. The molecule has 2 aromatic carbocycles. The fourth-order valence-electron chi connectivity index (χ4n) is 2.94. The van der Waals surface area contributed by atoms with Crippen LogP contribution in [-0.2, 0) is 17.8 Å². The van der Waals surface area contributed by atoms with Crippen LogP contribution in [-0.4, -0.2) is 34.3 Å². The molecule has 27 heavy (non-hydrogen) atoms. The summed E-state index contributed by atoms with van der Waals surface area (Å²) in [5.74, 6) is 0.586. The second kappa shape index (κ2) is 9.04. The first-order valence-electron chi connectivity index (χ1n) is 9.10. The molecule has 1 atom stereocenters. The standard InChI is InChI=1S/C21H23FN2O2S/c1-3-23-21-24(4-2)20(25)19(27-21)13-16-7-5-6-8-18(16)26-14-15-9-11-17(22)12-10-15/h5-12,19H,3-4,13-14H2,1-2H3/t19-/m1/s1. The van der Waals surface area contributed by atoms with Gasteiger partial charge in [-0.15, -0.1) is 0 Å². The monoisotopic (exact) mass is 386 g/mol. The summed E-state index contributed by atoms with van der Waals surface area (Å²) in [6.07, 6.45) is 0.586. The predicted octanol–water partition coefficient (Wildman–Crippen LogP) is 4.29. The molecule has 0 N–H and O–H groups in total. The quantitative estimate of drug-likeness (QED) is 0.713. The van der Waals surface area contributed by atoms with Crippen molar-refractivity contribution in [3.05, 3.63) is 65.5 Å². The van der Waals surface area contributed by atoms with Crippen molar-refractivity contribution in [2.45, 2.75) is 32.1 Å². The van der Waals surface area contributed by atoms with Gasteiger partial charge in [0.25, 0.3) is 0 Å². The van der Waals surface area contributed by atoms with E-state index in [4.69, 9.17) is 4.74 Å². The van der Waals surface area contributed by atoms with Crippen LogP contribution < -0.4 is 4.74 Å². The molecule has 1 amide bonds. The first-order valence-corrected chi connectivity index (χ1v) is 9.98. The van der Waals surface area contributed by atoms with Crippen molar-refractivity contribution in [2.75, 3.05) is 13.1 Å². The van der Waals surface area contributed by atoms with E-state index in [-0.39, 0.29) is 17.0 Å². The van der Waals surface area contributed by atoms with Gasteiger partial charge >= 0.3 is 0 Å². The summed E-state index contributed by atoms with van der Waals surface area (Å²) in [5, 5.41) is 0.616. The number of thioether (sulfide) groups is 1. The smallest absolute Gasteiger partial charge is 0.242 e. The highest BCUT2D eigenvalue weighted by Gasteiger charge is 2.37. The van der Waals surface area contributed by atoms with E-state index < -0.39 is 0 Å². The number of carbonyl (C=O) groups is 1. The van der Waals surface area contributed by atoms with Gasteiger partial charge in [0, 0.05) is 13.1 Å². The summed E-state index contributed by atoms with van der Waals surface area (Å²) < 4.78 is 19.0. The van der Waals surface area contributed by atoms with Crippen LogP contribution in [0.2, 0.25) is 0 Å². The maximum absolute atomic E-state index is 13.0. The molecule has 4 nitrogen and oxygen atoms in total. The van der Waals surface area contributed by atoms with E-state index in [9.17, 15) is 9.18 Å². The Balaban J connectivity index is 1.71. The minimum absolute atomic E-state index is 0.100.